The molecule has 3 N–H and O–H groups in total. The third kappa shape index (κ3) is 4.97. The van der Waals surface area contributed by atoms with Crippen molar-refractivity contribution < 1.29 is 17.6 Å². The highest BCUT2D eigenvalue weighted by atomic mass is 32.2. The summed E-state index contributed by atoms with van der Waals surface area (Å²) in [5, 5.41) is 2.58. The summed E-state index contributed by atoms with van der Waals surface area (Å²) in [6.45, 7) is 1.68. The van der Waals surface area contributed by atoms with E-state index in [0.717, 1.165) is 6.26 Å². The van der Waals surface area contributed by atoms with E-state index in [0.29, 0.717) is 5.56 Å². The number of anilines is 1. The van der Waals surface area contributed by atoms with Crippen LogP contribution in [0.2, 0.25) is 0 Å². The Morgan fingerprint density at radius 1 is 1.12 bits per heavy atom. The van der Waals surface area contributed by atoms with Crippen LogP contribution in [-0.2, 0) is 9.84 Å². The minimum absolute atomic E-state index is 0.0182. The Labute approximate surface area is 150 Å². The fourth-order valence-electron chi connectivity index (χ4n) is 1.97. The Hall–Kier alpha value is -2.52. The molecule has 0 aliphatic carbocycles. The van der Waals surface area contributed by atoms with E-state index < -0.39 is 21.6 Å². The summed E-state index contributed by atoms with van der Waals surface area (Å²) in [5.74, 6) is -1.06. The van der Waals surface area contributed by atoms with Gasteiger partial charge in [0.2, 0.25) is 0 Å². The van der Waals surface area contributed by atoms with E-state index in [1.165, 1.54) is 30.3 Å². The zero-order valence-corrected chi connectivity index (χ0v) is 15.1. The van der Waals surface area contributed by atoms with Gasteiger partial charge in [0.05, 0.1) is 10.6 Å². The average Bonchev–Trinajstić information content (AvgIpc) is 2.54. The lowest BCUT2D eigenvalue weighted by molar-refractivity contribution is 0.0943. The number of thiocarbonyl (C=S) groups is 1. The van der Waals surface area contributed by atoms with Gasteiger partial charge in [0.15, 0.2) is 14.9 Å². The Balaban J connectivity index is 2.05. The highest BCUT2D eigenvalue weighted by molar-refractivity contribution is 7.90. The van der Waals surface area contributed by atoms with Crippen molar-refractivity contribution in [2.45, 2.75) is 11.8 Å². The van der Waals surface area contributed by atoms with Crippen molar-refractivity contribution in [3.63, 3.8) is 0 Å². The molecule has 0 spiro atoms. The summed E-state index contributed by atoms with van der Waals surface area (Å²) in [4.78, 5) is 12.3. The van der Waals surface area contributed by atoms with Gasteiger partial charge in [-0.05, 0) is 49.0 Å². The van der Waals surface area contributed by atoms with Crippen LogP contribution in [0.15, 0.2) is 47.4 Å². The molecule has 0 heterocycles. The molecule has 1 amide bonds. The Kier molecular flexibility index (Phi) is 5.70. The number of benzene rings is 2. The van der Waals surface area contributed by atoms with Gasteiger partial charge in [-0.15, -0.1) is 0 Å². The molecule has 0 aromatic heterocycles. The molecule has 0 aliphatic rings. The molecule has 2 aromatic carbocycles. The molecule has 0 fully saturated rings. The van der Waals surface area contributed by atoms with Gasteiger partial charge in [0, 0.05) is 11.8 Å². The van der Waals surface area contributed by atoms with Crippen LogP contribution in [0.25, 0.3) is 0 Å². The van der Waals surface area contributed by atoms with Gasteiger partial charge in [-0.2, -0.15) is 0 Å². The SMILES string of the molecule is Cc1ccc(S(C)(=O)=O)cc1C(=O)NNC(=S)Nc1ccccc1F. The second-order valence-electron chi connectivity index (χ2n) is 5.26. The molecule has 0 saturated heterocycles. The first kappa shape index (κ1) is 18.8. The molecule has 25 heavy (non-hydrogen) atoms. The van der Waals surface area contributed by atoms with Crippen molar-refractivity contribution >= 4 is 38.8 Å². The summed E-state index contributed by atoms with van der Waals surface area (Å²) in [5.41, 5.74) is 5.73. The molecule has 0 saturated carbocycles. The zero-order chi connectivity index (χ0) is 18.6. The maximum atomic E-state index is 13.5. The third-order valence-corrected chi connectivity index (χ3v) is 4.61. The van der Waals surface area contributed by atoms with E-state index in [2.05, 4.69) is 16.2 Å². The number of rotatable bonds is 3. The second-order valence-corrected chi connectivity index (χ2v) is 7.69. The average molecular weight is 381 g/mol. The van der Waals surface area contributed by atoms with Crippen molar-refractivity contribution in [1.29, 1.82) is 0 Å². The number of aryl methyl sites for hydroxylation is 1. The monoisotopic (exact) mass is 381 g/mol. The van der Waals surface area contributed by atoms with E-state index in [-0.39, 0.29) is 21.3 Å². The zero-order valence-electron chi connectivity index (χ0n) is 13.5. The van der Waals surface area contributed by atoms with Gasteiger partial charge in [0.25, 0.3) is 5.91 Å². The van der Waals surface area contributed by atoms with Crippen molar-refractivity contribution in [2.24, 2.45) is 0 Å². The van der Waals surface area contributed by atoms with Gasteiger partial charge in [-0.3, -0.25) is 15.6 Å². The lowest BCUT2D eigenvalue weighted by atomic mass is 10.1. The van der Waals surface area contributed by atoms with Crippen LogP contribution in [0.1, 0.15) is 15.9 Å². The van der Waals surface area contributed by atoms with Crippen LogP contribution in [0, 0.1) is 12.7 Å². The molecule has 2 rings (SSSR count). The first-order valence-corrected chi connectivity index (χ1v) is 9.41. The number of nitrogens with one attached hydrogen (secondary N) is 3. The van der Waals surface area contributed by atoms with Gasteiger partial charge in [-0.1, -0.05) is 18.2 Å². The lowest BCUT2D eigenvalue weighted by Gasteiger charge is -2.13. The molecule has 0 atom stereocenters. The summed E-state index contributed by atoms with van der Waals surface area (Å²) < 4.78 is 36.7. The van der Waals surface area contributed by atoms with Crippen LogP contribution >= 0.6 is 12.2 Å². The summed E-state index contributed by atoms with van der Waals surface area (Å²) >= 11 is 4.98. The minimum atomic E-state index is -3.43. The number of sulfone groups is 1. The maximum absolute atomic E-state index is 13.5. The van der Waals surface area contributed by atoms with Gasteiger partial charge >= 0.3 is 0 Å². The number of carbonyl (C=O) groups is 1. The van der Waals surface area contributed by atoms with Crippen molar-refractivity contribution in [3.8, 4) is 0 Å². The van der Waals surface area contributed by atoms with Crippen LogP contribution in [-0.4, -0.2) is 25.7 Å². The minimum Gasteiger partial charge on any atom is -0.329 e. The van der Waals surface area contributed by atoms with E-state index in [1.54, 1.807) is 19.1 Å². The first-order chi connectivity index (χ1) is 11.7. The summed E-state index contributed by atoms with van der Waals surface area (Å²) in [6, 6.07) is 10.2. The second kappa shape index (κ2) is 7.58. The predicted molar refractivity (Wildman–Crippen MR) is 97.5 cm³/mol. The molecule has 0 bridgehead atoms. The van der Waals surface area contributed by atoms with Crippen LogP contribution in [0.5, 0.6) is 0 Å². The number of amides is 1. The Morgan fingerprint density at radius 3 is 2.44 bits per heavy atom. The maximum Gasteiger partial charge on any atom is 0.269 e. The van der Waals surface area contributed by atoms with Crippen molar-refractivity contribution in [1.82, 2.24) is 10.9 Å². The Bertz CT molecular complexity index is 930. The molecule has 132 valence electrons. The van der Waals surface area contributed by atoms with Crippen molar-refractivity contribution in [3.05, 3.63) is 59.4 Å². The number of para-hydroxylation sites is 1. The highest BCUT2D eigenvalue weighted by Gasteiger charge is 2.14. The number of hydrogen-bond donors (Lipinski definition) is 3. The topological polar surface area (TPSA) is 87.3 Å². The van der Waals surface area contributed by atoms with Gasteiger partial charge in [-0.25, -0.2) is 12.8 Å². The van der Waals surface area contributed by atoms with Crippen LogP contribution in [0.4, 0.5) is 10.1 Å². The molecular formula is C16H16FN3O3S2. The normalized spacial score (nSPS) is 10.8. The molecular weight excluding hydrogens is 365 g/mol. The number of halogens is 1. The third-order valence-electron chi connectivity index (χ3n) is 3.29. The summed E-state index contributed by atoms with van der Waals surface area (Å²) in [6.07, 6.45) is 1.06. The molecule has 0 radical (unpaired) electrons. The van der Waals surface area contributed by atoms with Crippen LogP contribution in [0.3, 0.4) is 0 Å². The predicted octanol–water partition coefficient (Wildman–Crippen LogP) is 2.17. The van der Waals surface area contributed by atoms with E-state index in [1.807, 2.05) is 0 Å². The van der Waals surface area contributed by atoms with Gasteiger partial charge < -0.3 is 5.32 Å². The van der Waals surface area contributed by atoms with Crippen LogP contribution < -0.4 is 16.2 Å². The largest absolute Gasteiger partial charge is 0.329 e. The molecule has 0 aliphatic heterocycles. The van der Waals surface area contributed by atoms with Gasteiger partial charge in [0.1, 0.15) is 5.82 Å². The molecule has 0 unspecified atom stereocenters. The summed E-state index contributed by atoms with van der Waals surface area (Å²) in [7, 11) is -3.43. The smallest absolute Gasteiger partial charge is 0.269 e. The first-order valence-electron chi connectivity index (χ1n) is 7.11. The van der Waals surface area contributed by atoms with E-state index in [4.69, 9.17) is 12.2 Å². The molecule has 2 aromatic rings. The quantitative estimate of drug-likeness (QED) is 0.558. The fourth-order valence-corrected chi connectivity index (χ4v) is 2.78. The highest BCUT2D eigenvalue weighted by Crippen LogP contribution is 2.15. The number of hydrogen-bond acceptors (Lipinski definition) is 4. The fraction of sp³-hybridized carbons (Fsp3) is 0.125. The Morgan fingerprint density at radius 2 is 1.80 bits per heavy atom. The molecule has 6 nitrogen and oxygen atoms in total. The van der Waals surface area contributed by atoms with E-state index in [9.17, 15) is 17.6 Å². The molecule has 9 heteroatoms. The number of hydrazine groups is 1. The standard InChI is InChI=1S/C16H16FN3O3S2/c1-10-7-8-11(25(2,22)23)9-12(10)15(21)19-20-16(24)18-14-6-4-3-5-13(14)17/h3-9H,1-2H3,(H,19,21)(H2,18,20,24). The number of carbonyl (C=O) groups excluding carboxylic acids is 1. The van der Waals surface area contributed by atoms with Crippen molar-refractivity contribution in [2.75, 3.05) is 11.6 Å². The lowest BCUT2D eigenvalue weighted by Crippen LogP contribution is -2.44. The van der Waals surface area contributed by atoms with E-state index >= 15 is 0 Å².